The van der Waals surface area contributed by atoms with Gasteiger partial charge in [0, 0.05) is 0 Å². The van der Waals surface area contributed by atoms with E-state index < -0.39 is 5.41 Å². The first-order valence-electron chi connectivity index (χ1n) is 4.54. The van der Waals surface area contributed by atoms with Gasteiger partial charge in [0.1, 0.15) is 0 Å². The largest absolute Gasteiger partial charge is 0.469 e. The van der Waals surface area contributed by atoms with Crippen molar-refractivity contribution in [3.63, 3.8) is 0 Å². The molecule has 0 amide bonds. The van der Waals surface area contributed by atoms with Crippen molar-refractivity contribution in [3.8, 4) is 0 Å². The molecule has 0 fully saturated rings. The van der Waals surface area contributed by atoms with Crippen LogP contribution in [0, 0.1) is 10.8 Å². The fourth-order valence-electron chi connectivity index (χ4n) is 1.62. The molecule has 13 heavy (non-hydrogen) atoms. The van der Waals surface area contributed by atoms with Crippen molar-refractivity contribution in [1.29, 1.82) is 0 Å². The van der Waals surface area contributed by atoms with Gasteiger partial charge in [0.25, 0.3) is 0 Å². The summed E-state index contributed by atoms with van der Waals surface area (Å²) in [5, 5.41) is 0. The van der Waals surface area contributed by atoms with Crippen molar-refractivity contribution in [2.24, 2.45) is 10.8 Å². The Balaban J connectivity index is 4.41. The summed E-state index contributed by atoms with van der Waals surface area (Å²) in [4.78, 5) is 11.4. The van der Waals surface area contributed by atoms with Crippen LogP contribution in [0.5, 0.6) is 0 Å². The van der Waals surface area contributed by atoms with Gasteiger partial charge in [-0.25, -0.2) is 0 Å². The van der Waals surface area contributed by atoms with Crippen LogP contribution in [0.4, 0.5) is 0 Å². The first kappa shape index (κ1) is 12.5. The van der Waals surface area contributed by atoms with E-state index >= 15 is 0 Å². The predicted octanol–water partition coefficient (Wildman–Crippen LogP) is 2.19. The molecule has 0 aliphatic heterocycles. The Morgan fingerprint density at radius 2 is 1.77 bits per heavy atom. The molecule has 3 heteroatoms. The first-order chi connectivity index (χ1) is 5.75. The summed E-state index contributed by atoms with van der Waals surface area (Å²) < 4.78 is 4.73. The van der Waals surface area contributed by atoms with Crippen molar-refractivity contribution in [2.45, 2.75) is 40.4 Å². The first-order valence-corrected chi connectivity index (χ1v) is 4.54. The summed E-state index contributed by atoms with van der Waals surface area (Å²) in [6.45, 7) is 7.88. The van der Waals surface area contributed by atoms with E-state index in [0.717, 1.165) is 6.42 Å². The van der Waals surface area contributed by atoms with Crippen LogP contribution in [0.3, 0.4) is 0 Å². The lowest BCUT2D eigenvalue weighted by Gasteiger charge is -2.32. The normalized spacial score (nSPS) is 12.7. The number of ether oxygens (including phenoxy) is 1. The lowest BCUT2D eigenvalue weighted by Crippen LogP contribution is -2.31. The van der Waals surface area contributed by atoms with Crippen LogP contribution >= 0.6 is 0 Å². The summed E-state index contributed by atoms with van der Waals surface area (Å²) in [5.74, 6) is -0.172. The lowest BCUT2D eigenvalue weighted by atomic mass is 9.69. The van der Waals surface area contributed by atoms with E-state index in [0.29, 0.717) is 6.32 Å². The number of carbonyl (C=O) groups excluding carboxylic acids is 1. The summed E-state index contributed by atoms with van der Waals surface area (Å²) in [6.07, 6.45) is 1.32. The molecule has 0 rings (SSSR count). The molecule has 2 radical (unpaired) electrons. The van der Waals surface area contributed by atoms with Gasteiger partial charge in [-0.15, -0.1) is 0 Å². The molecule has 0 aromatic rings. The fourth-order valence-corrected chi connectivity index (χ4v) is 1.62. The SMILES string of the molecule is [B]CC(C)(C)CC(C)(C)C(=O)OC. The van der Waals surface area contributed by atoms with Gasteiger partial charge in [-0.05, 0) is 25.7 Å². The Labute approximate surface area is 82.5 Å². The van der Waals surface area contributed by atoms with E-state index in [9.17, 15) is 4.79 Å². The van der Waals surface area contributed by atoms with E-state index in [1.165, 1.54) is 7.11 Å². The van der Waals surface area contributed by atoms with E-state index in [1.54, 1.807) is 0 Å². The minimum atomic E-state index is -0.447. The predicted molar refractivity (Wildman–Crippen MR) is 54.8 cm³/mol. The Morgan fingerprint density at radius 3 is 2.08 bits per heavy atom. The molecule has 0 aliphatic rings. The number of hydrogen-bond donors (Lipinski definition) is 0. The third-order valence-electron chi connectivity index (χ3n) is 2.21. The Kier molecular flexibility index (Phi) is 4.01. The minimum absolute atomic E-state index is 0.0162. The molecule has 0 N–H and O–H groups in total. The zero-order valence-corrected chi connectivity index (χ0v) is 9.31. The van der Waals surface area contributed by atoms with Crippen LogP contribution < -0.4 is 0 Å². The third-order valence-corrected chi connectivity index (χ3v) is 2.21. The molecule has 74 valence electrons. The fraction of sp³-hybridized carbons (Fsp3) is 0.900. The van der Waals surface area contributed by atoms with E-state index in [1.807, 2.05) is 13.8 Å². The average molecular weight is 182 g/mol. The molecule has 0 bridgehead atoms. The second-order valence-electron chi connectivity index (χ2n) is 4.92. The maximum Gasteiger partial charge on any atom is 0.311 e. The van der Waals surface area contributed by atoms with Gasteiger partial charge in [-0.2, -0.15) is 0 Å². The molecule has 0 atom stereocenters. The van der Waals surface area contributed by atoms with Gasteiger partial charge < -0.3 is 4.74 Å². The third kappa shape index (κ3) is 3.84. The molecule has 2 nitrogen and oxygen atoms in total. The van der Waals surface area contributed by atoms with Gasteiger partial charge in [0.05, 0.1) is 20.4 Å². The summed E-state index contributed by atoms with van der Waals surface area (Å²) in [6, 6.07) is 0. The topological polar surface area (TPSA) is 26.3 Å². The molecule has 0 spiro atoms. The highest BCUT2D eigenvalue weighted by Gasteiger charge is 2.34. The molecule has 0 saturated heterocycles. The van der Waals surface area contributed by atoms with Gasteiger partial charge in [0.15, 0.2) is 0 Å². The van der Waals surface area contributed by atoms with E-state index in [2.05, 4.69) is 13.8 Å². The van der Waals surface area contributed by atoms with Crippen LogP contribution in [0.1, 0.15) is 34.1 Å². The molecule has 0 saturated carbocycles. The number of rotatable bonds is 4. The standard InChI is InChI=1S/C10H19BO2/c1-9(2,7-11)6-10(3,4)8(12)13-5/h6-7H2,1-5H3. The molecular formula is C10H19BO2. The van der Waals surface area contributed by atoms with Gasteiger partial charge in [0.2, 0.25) is 0 Å². The van der Waals surface area contributed by atoms with Crippen molar-refractivity contribution >= 4 is 13.8 Å². The van der Waals surface area contributed by atoms with Gasteiger partial charge in [-0.3, -0.25) is 4.79 Å². The molecular weight excluding hydrogens is 163 g/mol. The molecule has 0 aliphatic carbocycles. The van der Waals surface area contributed by atoms with Gasteiger partial charge >= 0.3 is 5.97 Å². The van der Waals surface area contributed by atoms with Crippen LogP contribution in [-0.4, -0.2) is 20.9 Å². The van der Waals surface area contributed by atoms with Crippen molar-refractivity contribution in [3.05, 3.63) is 0 Å². The Bertz CT molecular complexity index is 185. The maximum absolute atomic E-state index is 11.4. The monoisotopic (exact) mass is 182 g/mol. The number of methoxy groups -OCH3 is 1. The van der Waals surface area contributed by atoms with Crippen molar-refractivity contribution in [2.75, 3.05) is 7.11 Å². The van der Waals surface area contributed by atoms with Crippen LogP contribution in [0.15, 0.2) is 0 Å². The highest BCUT2D eigenvalue weighted by atomic mass is 16.5. The Morgan fingerprint density at radius 1 is 1.31 bits per heavy atom. The van der Waals surface area contributed by atoms with Crippen molar-refractivity contribution in [1.82, 2.24) is 0 Å². The molecule has 0 aromatic heterocycles. The maximum atomic E-state index is 11.4. The zero-order valence-electron chi connectivity index (χ0n) is 9.31. The summed E-state index contributed by atoms with van der Waals surface area (Å²) >= 11 is 0. The molecule has 0 heterocycles. The molecule has 0 aromatic carbocycles. The minimum Gasteiger partial charge on any atom is -0.469 e. The number of esters is 1. The highest BCUT2D eigenvalue weighted by Crippen LogP contribution is 2.36. The quantitative estimate of drug-likeness (QED) is 0.492. The van der Waals surface area contributed by atoms with Crippen LogP contribution in [0.25, 0.3) is 0 Å². The number of hydrogen-bond acceptors (Lipinski definition) is 2. The van der Waals surface area contributed by atoms with E-state index in [4.69, 9.17) is 12.6 Å². The smallest absolute Gasteiger partial charge is 0.311 e. The van der Waals surface area contributed by atoms with Crippen LogP contribution in [0.2, 0.25) is 6.32 Å². The van der Waals surface area contributed by atoms with Crippen LogP contribution in [-0.2, 0) is 9.53 Å². The highest BCUT2D eigenvalue weighted by molar-refractivity contribution is 6.08. The summed E-state index contributed by atoms with van der Waals surface area (Å²) in [5.41, 5.74) is -0.463. The second-order valence-corrected chi connectivity index (χ2v) is 4.92. The molecule has 0 unspecified atom stereocenters. The number of carbonyl (C=O) groups is 1. The zero-order chi connectivity index (χ0) is 10.7. The summed E-state index contributed by atoms with van der Waals surface area (Å²) in [7, 11) is 7.02. The average Bonchev–Trinajstić information content (AvgIpc) is 2.01. The lowest BCUT2D eigenvalue weighted by molar-refractivity contribution is -0.152. The van der Waals surface area contributed by atoms with Crippen molar-refractivity contribution < 1.29 is 9.53 Å². The second kappa shape index (κ2) is 4.16. The van der Waals surface area contributed by atoms with Gasteiger partial charge in [-0.1, -0.05) is 20.2 Å². The Hall–Kier alpha value is -0.465. The van der Waals surface area contributed by atoms with E-state index in [-0.39, 0.29) is 11.4 Å².